The minimum absolute atomic E-state index is 0.216. The number of rotatable bonds is 6. The Bertz CT molecular complexity index is 915. The van der Waals surface area contributed by atoms with E-state index in [1.54, 1.807) is 4.90 Å². The molecule has 1 aromatic rings. The molecule has 0 spiro atoms. The summed E-state index contributed by atoms with van der Waals surface area (Å²) >= 11 is 0. The normalized spacial score (nSPS) is 20.9. The predicted molar refractivity (Wildman–Crippen MR) is 139 cm³/mol. The Hall–Kier alpha value is -2.85. The first-order valence-electron chi connectivity index (χ1n) is 13.1. The highest BCUT2D eigenvalue weighted by atomic mass is 16.6. The van der Waals surface area contributed by atoms with E-state index in [1.807, 2.05) is 37.9 Å². The number of piperidine rings is 1. The average molecular weight is 501 g/mol. The molecule has 10 heteroatoms. The molecule has 10 nitrogen and oxygen atoms in total. The molecule has 0 bridgehead atoms. The number of benzene rings is 1. The fraction of sp³-hybridized carbons (Fsp3) is 0.654. The van der Waals surface area contributed by atoms with Gasteiger partial charge in [-0.15, -0.1) is 0 Å². The van der Waals surface area contributed by atoms with Gasteiger partial charge in [-0.2, -0.15) is 0 Å². The number of hydrazine groups is 1. The van der Waals surface area contributed by atoms with Crippen LogP contribution in [0.4, 0.5) is 21.0 Å². The lowest BCUT2D eigenvalue weighted by atomic mass is 9.94. The van der Waals surface area contributed by atoms with Crippen molar-refractivity contribution < 1.29 is 19.1 Å². The van der Waals surface area contributed by atoms with Crippen LogP contribution >= 0.6 is 0 Å². The maximum Gasteiger partial charge on any atom is 0.422 e. The van der Waals surface area contributed by atoms with Crippen LogP contribution in [-0.2, 0) is 9.53 Å². The maximum atomic E-state index is 12.1. The highest BCUT2D eigenvalue weighted by Gasteiger charge is 2.26. The van der Waals surface area contributed by atoms with E-state index in [2.05, 4.69) is 32.7 Å². The highest BCUT2D eigenvalue weighted by Crippen LogP contribution is 2.24. The van der Waals surface area contributed by atoms with Gasteiger partial charge in [0.15, 0.2) is 0 Å². The van der Waals surface area contributed by atoms with Gasteiger partial charge < -0.3 is 9.64 Å². The number of ether oxygens (including phenoxy) is 1. The molecule has 3 saturated heterocycles. The van der Waals surface area contributed by atoms with Crippen LogP contribution < -0.4 is 20.5 Å². The lowest BCUT2D eigenvalue weighted by Crippen LogP contribution is -2.49. The summed E-state index contributed by atoms with van der Waals surface area (Å²) in [6.45, 7) is 12.9. The zero-order valence-electron chi connectivity index (χ0n) is 21.8. The quantitative estimate of drug-likeness (QED) is 0.620. The molecule has 3 aliphatic heterocycles. The Morgan fingerprint density at radius 2 is 1.61 bits per heavy atom. The summed E-state index contributed by atoms with van der Waals surface area (Å²) < 4.78 is 5.34. The molecular formula is C26H40N6O4. The molecule has 0 saturated carbocycles. The second-order valence-electron chi connectivity index (χ2n) is 10.9. The molecule has 0 aromatic heterocycles. The van der Waals surface area contributed by atoms with E-state index in [9.17, 15) is 14.4 Å². The van der Waals surface area contributed by atoms with Gasteiger partial charge in [0.05, 0.1) is 0 Å². The van der Waals surface area contributed by atoms with Crippen molar-refractivity contribution in [2.45, 2.75) is 52.1 Å². The summed E-state index contributed by atoms with van der Waals surface area (Å²) in [6, 6.07) is 7.70. The maximum absolute atomic E-state index is 12.1. The van der Waals surface area contributed by atoms with E-state index in [4.69, 9.17) is 4.74 Å². The Morgan fingerprint density at radius 1 is 0.972 bits per heavy atom. The summed E-state index contributed by atoms with van der Waals surface area (Å²) in [6.07, 6.45) is 3.32. The van der Waals surface area contributed by atoms with Gasteiger partial charge in [0.2, 0.25) is 5.91 Å². The number of nitrogens with zero attached hydrogens (tertiary/aromatic N) is 4. The Kier molecular flexibility index (Phi) is 8.35. The van der Waals surface area contributed by atoms with Gasteiger partial charge in [-0.25, -0.2) is 14.6 Å². The van der Waals surface area contributed by atoms with Gasteiger partial charge in [-0.3, -0.25) is 25.3 Å². The zero-order chi connectivity index (χ0) is 25.7. The number of carbonyl (C=O) groups excluding carboxylic acids is 3. The van der Waals surface area contributed by atoms with E-state index >= 15 is 0 Å². The Balaban J connectivity index is 1.14. The second-order valence-corrected chi connectivity index (χ2v) is 10.9. The van der Waals surface area contributed by atoms with Gasteiger partial charge >= 0.3 is 12.1 Å². The summed E-state index contributed by atoms with van der Waals surface area (Å²) in [4.78, 5) is 41.9. The van der Waals surface area contributed by atoms with E-state index in [1.165, 1.54) is 6.42 Å². The van der Waals surface area contributed by atoms with Crippen molar-refractivity contribution in [1.29, 1.82) is 0 Å². The van der Waals surface area contributed by atoms with Crippen LogP contribution in [0.25, 0.3) is 0 Å². The van der Waals surface area contributed by atoms with Gasteiger partial charge in [0.25, 0.3) is 0 Å². The van der Waals surface area contributed by atoms with Crippen LogP contribution in [0.5, 0.6) is 0 Å². The Morgan fingerprint density at radius 3 is 2.22 bits per heavy atom. The molecule has 3 fully saturated rings. The molecule has 0 atom stereocenters. The number of imide groups is 1. The number of urea groups is 1. The van der Waals surface area contributed by atoms with Gasteiger partial charge in [0, 0.05) is 63.6 Å². The van der Waals surface area contributed by atoms with Crippen molar-refractivity contribution in [2.75, 3.05) is 62.2 Å². The minimum Gasteiger partial charge on any atom is -0.443 e. The van der Waals surface area contributed by atoms with Crippen LogP contribution in [-0.4, -0.2) is 85.9 Å². The number of nitrogens with one attached hydrogen (secondary N) is 2. The van der Waals surface area contributed by atoms with Crippen molar-refractivity contribution in [2.24, 2.45) is 5.92 Å². The van der Waals surface area contributed by atoms with Crippen LogP contribution in [0.1, 0.15) is 46.5 Å². The molecule has 2 N–H and O–H groups in total. The number of anilines is 2. The molecule has 4 amide bonds. The number of piperazine rings is 1. The van der Waals surface area contributed by atoms with Crippen LogP contribution in [0.3, 0.4) is 0 Å². The minimum atomic E-state index is -0.482. The number of hydrogen-bond donors (Lipinski definition) is 2. The second kappa shape index (κ2) is 11.5. The predicted octanol–water partition coefficient (Wildman–Crippen LogP) is 2.80. The molecule has 0 aliphatic carbocycles. The van der Waals surface area contributed by atoms with E-state index in [0.29, 0.717) is 18.9 Å². The van der Waals surface area contributed by atoms with Crippen molar-refractivity contribution in [3.8, 4) is 0 Å². The number of hydrogen-bond acceptors (Lipinski definition) is 7. The summed E-state index contributed by atoms with van der Waals surface area (Å²) in [5.41, 5.74) is 4.36. The topological polar surface area (TPSA) is 97.5 Å². The molecule has 1 aromatic carbocycles. The lowest BCUT2D eigenvalue weighted by molar-refractivity contribution is -0.120. The molecule has 3 aliphatic rings. The first-order valence-corrected chi connectivity index (χ1v) is 13.1. The molecule has 0 unspecified atom stereocenters. The molecule has 4 rings (SSSR count). The standard InChI is InChI=1S/C26H40N6O4/c1-26(2,3)36-25(35)28-31-13-9-20(10-14-31)8-12-29-16-18-30(19-17-29)21-4-6-22(7-5-21)32-15-11-23(33)27-24(32)34/h4-7,20H,8-19H2,1-3H3,(H,28,35)(H,27,33,34). The summed E-state index contributed by atoms with van der Waals surface area (Å²) in [5.74, 6) is 0.473. The van der Waals surface area contributed by atoms with Gasteiger partial charge in [-0.05, 0) is 76.8 Å². The summed E-state index contributed by atoms with van der Waals surface area (Å²) in [7, 11) is 0. The number of amides is 4. The van der Waals surface area contributed by atoms with Crippen LogP contribution in [0.15, 0.2) is 24.3 Å². The largest absolute Gasteiger partial charge is 0.443 e. The third-order valence-corrected chi connectivity index (χ3v) is 7.07. The fourth-order valence-corrected chi connectivity index (χ4v) is 5.01. The van der Waals surface area contributed by atoms with Crippen molar-refractivity contribution >= 4 is 29.4 Å². The number of carbonyl (C=O) groups is 3. The van der Waals surface area contributed by atoms with Crippen LogP contribution in [0, 0.1) is 5.92 Å². The SMILES string of the molecule is CC(C)(C)OC(=O)NN1CCC(CCN2CCN(c3ccc(N4CCC(=O)NC4=O)cc3)CC2)CC1. The third-order valence-electron chi connectivity index (χ3n) is 7.07. The first kappa shape index (κ1) is 26.2. The molecule has 36 heavy (non-hydrogen) atoms. The average Bonchev–Trinajstić information content (AvgIpc) is 2.83. The van der Waals surface area contributed by atoms with E-state index in [0.717, 1.165) is 70.0 Å². The van der Waals surface area contributed by atoms with Crippen LogP contribution in [0.2, 0.25) is 0 Å². The molecular weight excluding hydrogens is 460 g/mol. The van der Waals surface area contributed by atoms with Gasteiger partial charge in [0.1, 0.15) is 5.60 Å². The Labute approximate surface area is 213 Å². The van der Waals surface area contributed by atoms with Crippen molar-refractivity contribution in [1.82, 2.24) is 20.7 Å². The van der Waals surface area contributed by atoms with Gasteiger partial charge in [-0.1, -0.05) is 0 Å². The smallest absolute Gasteiger partial charge is 0.422 e. The molecule has 198 valence electrons. The summed E-state index contributed by atoms with van der Waals surface area (Å²) in [5, 5.41) is 4.35. The monoisotopic (exact) mass is 500 g/mol. The molecule has 0 radical (unpaired) electrons. The fourth-order valence-electron chi connectivity index (χ4n) is 5.01. The van der Waals surface area contributed by atoms with E-state index in [-0.39, 0.29) is 18.0 Å². The molecule has 3 heterocycles. The van der Waals surface area contributed by atoms with E-state index < -0.39 is 5.60 Å². The first-order chi connectivity index (χ1) is 17.2. The van der Waals surface area contributed by atoms with Crippen molar-refractivity contribution in [3.63, 3.8) is 0 Å². The third kappa shape index (κ3) is 7.33. The van der Waals surface area contributed by atoms with Crippen molar-refractivity contribution in [3.05, 3.63) is 24.3 Å². The highest BCUT2D eigenvalue weighted by molar-refractivity contribution is 6.05. The zero-order valence-corrected chi connectivity index (χ0v) is 21.8. The lowest BCUT2D eigenvalue weighted by Gasteiger charge is -2.38.